The summed E-state index contributed by atoms with van der Waals surface area (Å²) >= 11 is 12.0. The van der Waals surface area contributed by atoms with Crippen molar-refractivity contribution in [2.75, 3.05) is 13.1 Å². The number of rotatable bonds is 2. The average Bonchev–Trinajstić information content (AvgIpc) is 2.27. The van der Waals surface area contributed by atoms with Crippen LogP contribution >= 0.6 is 23.2 Å². The van der Waals surface area contributed by atoms with Crippen LogP contribution in [0.2, 0.25) is 10.0 Å². The van der Waals surface area contributed by atoms with Crippen molar-refractivity contribution < 1.29 is 5.11 Å². The summed E-state index contributed by atoms with van der Waals surface area (Å²) in [7, 11) is 0. The van der Waals surface area contributed by atoms with E-state index in [-0.39, 0.29) is 6.10 Å². The van der Waals surface area contributed by atoms with Crippen LogP contribution < -0.4 is 0 Å². The second-order valence-corrected chi connectivity index (χ2v) is 5.09. The highest BCUT2D eigenvalue weighted by atomic mass is 35.5. The van der Waals surface area contributed by atoms with Gasteiger partial charge in [-0.2, -0.15) is 0 Å². The predicted molar refractivity (Wildman–Crippen MR) is 67.0 cm³/mol. The van der Waals surface area contributed by atoms with Crippen LogP contribution in [0.15, 0.2) is 18.2 Å². The minimum atomic E-state index is -0.133. The largest absolute Gasteiger partial charge is 0.393 e. The second kappa shape index (κ2) is 5.37. The number of likely N-dealkylation sites (tertiary alicyclic amines) is 1. The Morgan fingerprint density at radius 2 is 1.94 bits per heavy atom. The molecule has 1 saturated heterocycles. The van der Waals surface area contributed by atoms with E-state index >= 15 is 0 Å². The van der Waals surface area contributed by atoms with Gasteiger partial charge in [-0.25, -0.2) is 0 Å². The highest BCUT2D eigenvalue weighted by Crippen LogP contribution is 2.23. The molecule has 2 nitrogen and oxygen atoms in total. The lowest BCUT2D eigenvalue weighted by molar-refractivity contribution is 0.0792. The Bertz CT molecular complexity index is 362. The van der Waals surface area contributed by atoms with Gasteiger partial charge in [0.15, 0.2) is 0 Å². The number of aliphatic hydroxyl groups is 1. The van der Waals surface area contributed by atoms with Crippen molar-refractivity contribution in [1.29, 1.82) is 0 Å². The van der Waals surface area contributed by atoms with Gasteiger partial charge >= 0.3 is 0 Å². The fourth-order valence-electron chi connectivity index (χ4n) is 1.98. The maximum atomic E-state index is 9.42. The zero-order valence-corrected chi connectivity index (χ0v) is 10.5. The van der Waals surface area contributed by atoms with Gasteiger partial charge in [0.25, 0.3) is 0 Å². The molecule has 0 aliphatic carbocycles. The Hall–Kier alpha value is -0.280. The summed E-state index contributed by atoms with van der Waals surface area (Å²) in [5.74, 6) is 0. The number of aliphatic hydroxyl groups excluding tert-OH is 1. The van der Waals surface area contributed by atoms with Gasteiger partial charge in [0, 0.05) is 29.7 Å². The van der Waals surface area contributed by atoms with E-state index < -0.39 is 0 Å². The van der Waals surface area contributed by atoms with Crippen LogP contribution in [0, 0.1) is 0 Å². The minimum Gasteiger partial charge on any atom is -0.393 e. The summed E-state index contributed by atoms with van der Waals surface area (Å²) in [4.78, 5) is 2.30. The van der Waals surface area contributed by atoms with Crippen LogP contribution in [0.3, 0.4) is 0 Å². The van der Waals surface area contributed by atoms with Gasteiger partial charge in [0.2, 0.25) is 0 Å². The van der Waals surface area contributed by atoms with Crippen LogP contribution in [-0.2, 0) is 6.54 Å². The van der Waals surface area contributed by atoms with Crippen LogP contribution in [0.1, 0.15) is 18.4 Å². The number of hydrogen-bond donors (Lipinski definition) is 1. The van der Waals surface area contributed by atoms with Gasteiger partial charge in [-0.05, 0) is 36.6 Å². The third-order valence-corrected chi connectivity index (χ3v) is 3.56. The molecular weight excluding hydrogens is 245 g/mol. The third-order valence-electron chi connectivity index (χ3n) is 2.96. The Kier molecular flexibility index (Phi) is 4.09. The second-order valence-electron chi connectivity index (χ2n) is 4.24. The number of benzene rings is 1. The van der Waals surface area contributed by atoms with Crippen LogP contribution in [-0.4, -0.2) is 29.2 Å². The van der Waals surface area contributed by atoms with Crippen molar-refractivity contribution in [3.63, 3.8) is 0 Å². The van der Waals surface area contributed by atoms with E-state index in [1.807, 2.05) is 12.1 Å². The van der Waals surface area contributed by atoms with E-state index in [9.17, 15) is 5.11 Å². The summed E-state index contributed by atoms with van der Waals surface area (Å²) < 4.78 is 0. The van der Waals surface area contributed by atoms with Crippen molar-refractivity contribution in [2.45, 2.75) is 25.5 Å². The summed E-state index contributed by atoms with van der Waals surface area (Å²) in [6.45, 7) is 2.65. The van der Waals surface area contributed by atoms with E-state index in [4.69, 9.17) is 23.2 Å². The lowest BCUT2D eigenvalue weighted by Crippen LogP contribution is -2.35. The number of nitrogens with zero attached hydrogens (tertiary/aromatic N) is 1. The fraction of sp³-hybridized carbons (Fsp3) is 0.500. The standard InChI is InChI=1S/C12H15Cl2NO/c13-10-1-2-12(14)9(7-10)8-15-5-3-11(16)4-6-15/h1-2,7,11,16H,3-6,8H2. The molecule has 4 heteroatoms. The van der Waals surface area contributed by atoms with E-state index in [1.165, 1.54) is 0 Å². The molecule has 1 heterocycles. The molecule has 2 rings (SSSR count). The van der Waals surface area contributed by atoms with Gasteiger partial charge < -0.3 is 5.11 Å². The van der Waals surface area contributed by atoms with Crippen LogP contribution in [0.5, 0.6) is 0 Å². The molecule has 16 heavy (non-hydrogen) atoms. The van der Waals surface area contributed by atoms with Crippen molar-refractivity contribution in [2.24, 2.45) is 0 Å². The molecule has 88 valence electrons. The van der Waals surface area contributed by atoms with E-state index in [0.29, 0.717) is 0 Å². The van der Waals surface area contributed by atoms with E-state index in [2.05, 4.69) is 4.90 Å². The summed E-state index contributed by atoms with van der Waals surface area (Å²) in [5, 5.41) is 10.9. The van der Waals surface area contributed by atoms with Crippen LogP contribution in [0.25, 0.3) is 0 Å². The molecule has 1 aliphatic rings. The van der Waals surface area contributed by atoms with Gasteiger partial charge in [-0.1, -0.05) is 23.2 Å². The van der Waals surface area contributed by atoms with Gasteiger partial charge in [0.1, 0.15) is 0 Å². The smallest absolute Gasteiger partial charge is 0.0564 e. The first kappa shape index (κ1) is 12.2. The lowest BCUT2D eigenvalue weighted by Gasteiger charge is -2.29. The Morgan fingerprint density at radius 3 is 2.62 bits per heavy atom. The Labute approximate surface area is 106 Å². The first-order valence-electron chi connectivity index (χ1n) is 5.49. The molecule has 0 saturated carbocycles. The summed E-state index contributed by atoms with van der Waals surface area (Å²) in [5.41, 5.74) is 1.06. The molecule has 0 bridgehead atoms. The van der Waals surface area contributed by atoms with Crippen molar-refractivity contribution in [1.82, 2.24) is 4.90 Å². The average molecular weight is 260 g/mol. The Balaban J connectivity index is 2.00. The summed E-state index contributed by atoms with van der Waals surface area (Å²) in [6, 6.07) is 5.54. The maximum Gasteiger partial charge on any atom is 0.0564 e. The summed E-state index contributed by atoms with van der Waals surface area (Å²) in [6.07, 6.45) is 1.56. The number of halogens is 2. The number of piperidine rings is 1. The maximum absolute atomic E-state index is 9.42. The monoisotopic (exact) mass is 259 g/mol. The predicted octanol–water partition coefficient (Wildman–Crippen LogP) is 2.95. The SMILES string of the molecule is OC1CCN(Cc2cc(Cl)ccc2Cl)CC1. The molecule has 0 radical (unpaired) electrons. The van der Waals surface area contributed by atoms with Crippen molar-refractivity contribution in [3.8, 4) is 0 Å². The zero-order chi connectivity index (χ0) is 11.5. The normalized spacial score (nSPS) is 18.9. The highest BCUT2D eigenvalue weighted by Gasteiger charge is 2.17. The van der Waals surface area contributed by atoms with Gasteiger partial charge in [0.05, 0.1) is 6.10 Å². The molecule has 1 aromatic rings. The molecule has 1 aromatic carbocycles. The lowest BCUT2D eigenvalue weighted by atomic mass is 10.1. The molecular formula is C12H15Cl2NO. The molecule has 1 aliphatic heterocycles. The Morgan fingerprint density at radius 1 is 1.25 bits per heavy atom. The molecule has 1 fully saturated rings. The quantitative estimate of drug-likeness (QED) is 0.883. The van der Waals surface area contributed by atoms with Crippen molar-refractivity contribution >= 4 is 23.2 Å². The third kappa shape index (κ3) is 3.11. The molecule has 0 spiro atoms. The topological polar surface area (TPSA) is 23.5 Å². The first-order valence-corrected chi connectivity index (χ1v) is 6.25. The highest BCUT2D eigenvalue weighted by molar-refractivity contribution is 6.33. The molecule has 0 aromatic heterocycles. The molecule has 0 unspecified atom stereocenters. The number of hydrogen-bond acceptors (Lipinski definition) is 2. The van der Waals surface area contributed by atoms with Gasteiger partial charge in [-0.3, -0.25) is 4.90 Å². The van der Waals surface area contributed by atoms with E-state index in [1.54, 1.807) is 6.07 Å². The van der Waals surface area contributed by atoms with E-state index in [0.717, 1.165) is 48.1 Å². The fourth-order valence-corrected chi connectivity index (χ4v) is 2.35. The molecule has 1 N–H and O–H groups in total. The van der Waals surface area contributed by atoms with Crippen molar-refractivity contribution in [3.05, 3.63) is 33.8 Å². The van der Waals surface area contributed by atoms with Crippen LogP contribution in [0.4, 0.5) is 0 Å². The first-order chi connectivity index (χ1) is 7.65. The molecule has 0 atom stereocenters. The minimum absolute atomic E-state index is 0.133. The zero-order valence-electron chi connectivity index (χ0n) is 9.00. The van der Waals surface area contributed by atoms with Gasteiger partial charge in [-0.15, -0.1) is 0 Å². The molecule has 0 amide bonds.